The zero-order chi connectivity index (χ0) is 17.4. The summed E-state index contributed by atoms with van der Waals surface area (Å²) in [6.45, 7) is 5.50. The van der Waals surface area contributed by atoms with Crippen LogP contribution in [0.25, 0.3) is 0 Å². The van der Waals surface area contributed by atoms with Gasteiger partial charge in [-0.1, -0.05) is 0 Å². The lowest BCUT2D eigenvalue weighted by molar-refractivity contribution is -0.181. The van der Waals surface area contributed by atoms with Crippen molar-refractivity contribution < 1.29 is 14.3 Å². The fourth-order valence-electron chi connectivity index (χ4n) is 4.01. The van der Waals surface area contributed by atoms with E-state index in [0.29, 0.717) is 24.7 Å². The Bertz CT molecular complexity index is 619. The second-order valence-electron chi connectivity index (χ2n) is 6.96. The molecule has 0 aliphatic carbocycles. The predicted octanol–water partition coefficient (Wildman–Crippen LogP) is 0.906. The lowest BCUT2D eigenvalue weighted by atomic mass is 9.79. The standard InChI is InChI=1S/C17H26N4O3/c1-11(2)21-14(15(24-4)17(21)23)12-6-9-20(10-7-12)16(22)13-5-8-18-19(13)3/h5,8,11-12,14-15H,6-7,9-10H2,1-4H3. The maximum atomic E-state index is 12.6. The highest BCUT2D eigenvalue weighted by atomic mass is 16.5. The highest BCUT2D eigenvalue weighted by Gasteiger charge is 2.52. The summed E-state index contributed by atoms with van der Waals surface area (Å²) in [5.41, 5.74) is 0.617. The largest absolute Gasteiger partial charge is 0.369 e. The summed E-state index contributed by atoms with van der Waals surface area (Å²) < 4.78 is 7.02. The van der Waals surface area contributed by atoms with E-state index in [0.717, 1.165) is 12.8 Å². The van der Waals surface area contributed by atoms with E-state index in [9.17, 15) is 9.59 Å². The van der Waals surface area contributed by atoms with Crippen LogP contribution >= 0.6 is 0 Å². The lowest BCUT2D eigenvalue weighted by Gasteiger charge is -2.53. The molecule has 0 N–H and O–H groups in total. The van der Waals surface area contributed by atoms with Gasteiger partial charge in [0.2, 0.25) is 0 Å². The van der Waals surface area contributed by atoms with Crippen LogP contribution in [0.1, 0.15) is 37.2 Å². The molecule has 2 amide bonds. The van der Waals surface area contributed by atoms with E-state index >= 15 is 0 Å². The Morgan fingerprint density at radius 1 is 1.33 bits per heavy atom. The number of amides is 2. The summed E-state index contributed by atoms with van der Waals surface area (Å²) in [5, 5.41) is 4.07. The molecule has 1 aromatic rings. The van der Waals surface area contributed by atoms with Crippen molar-refractivity contribution in [1.82, 2.24) is 19.6 Å². The van der Waals surface area contributed by atoms with Crippen molar-refractivity contribution in [2.24, 2.45) is 13.0 Å². The summed E-state index contributed by atoms with van der Waals surface area (Å²) in [6, 6.07) is 2.07. The molecule has 0 aromatic carbocycles. The van der Waals surface area contributed by atoms with Crippen molar-refractivity contribution in [3.63, 3.8) is 0 Å². The first-order valence-corrected chi connectivity index (χ1v) is 8.58. The van der Waals surface area contributed by atoms with Crippen LogP contribution in [0, 0.1) is 5.92 Å². The number of likely N-dealkylation sites (tertiary alicyclic amines) is 2. The topological polar surface area (TPSA) is 67.7 Å². The first kappa shape index (κ1) is 17.0. The molecular weight excluding hydrogens is 308 g/mol. The SMILES string of the molecule is COC1C(=O)N(C(C)C)C1C1CCN(C(=O)c2ccnn2C)CC1. The van der Waals surface area contributed by atoms with Crippen LogP contribution in [0.5, 0.6) is 0 Å². The van der Waals surface area contributed by atoms with Crippen LogP contribution in [0.4, 0.5) is 0 Å². The number of aromatic nitrogens is 2. The summed E-state index contributed by atoms with van der Waals surface area (Å²) in [6.07, 6.45) is 3.11. The van der Waals surface area contributed by atoms with Crippen LogP contribution < -0.4 is 0 Å². The Balaban J connectivity index is 1.63. The van der Waals surface area contributed by atoms with Gasteiger partial charge in [0.1, 0.15) is 5.69 Å². The fraction of sp³-hybridized carbons (Fsp3) is 0.706. The van der Waals surface area contributed by atoms with E-state index in [1.807, 2.05) is 23.6 Å². The van der Waals surface area contributed by atoms with E-state index in [-0.39, 0.29) is 30.0 Å². The van der Waals surface area contributed by atoms with E-state index in [1.165, 1.54) is 0 Å². The Labute approximate surface area is 142 Å². The number of carbonyl (C=O) groups is 2. The number of ether oxygens (including phenoxy) is 1. The Kier molecular flexibility index (Phi) is 4.62. The fourth-order valence-corrected chi connectivity index (χ4v) is 4.01. The van der Waals surface area contributed by atoms with E-state index in [1.54, 1.807) is 31.1 Å². The van der Waals surface area contributed by atoms with Crippen molar-refractivity contribution in [1.29, 1.82) is 0 Å². The van der Waals surface area contributed by atoms with Crippen molar-refractivity contribution >= 4 is 11.8 Å². The van der Waals surface area contributed by atoms with Crippen LogP contribution in [0.15, 0.2) is 12.3 Å². The smallest absolute Gasteiger partial charge is 0.272 e. The molecule has 2 unspecified atom stereocenters. The third kappa shape index (κ3) is 2.70. The number of β-lactam (4-membered cyclic amide) rings is 1. The molecular formula is C17H26N4O3. The third-order valence-electron chi connectivity index (χ3n) is 5.29. The van der Waals surface area contributed by atoms with E-state index < -0.39 is 0 Å². The third-order valence-corrected chi connectivity index (χ3v) is 5.29. The molecule has 1 aromatic heterocycles. The predicted molar refractivity (Wildman–Crippen MR) is 88.4 cm³/mol. The van der Waals surface area contributed by atoms with Gasteiger partial charge in [0.25, 0.3) is 11.8 Å². The molecule has 0 saturated carbocycles. The molecule has 2 fully saturated rings. The Hall–Kier alpha value is -1.89. The highest BCUT2D eigenvalue weighted by molar-refractivity contribution is 5.92. The van der Waals surface area contributed by atoms with E-state index in [4.69, 9.17) is 4.74 Å². The number of nitrogens with zero attached hydrogens (tertiary/aromatic N) is 4. The van der Waals surface area contributed by atoms with Crippen molar-refractivity contribution in [2.45, 2.75) is 44.9 Å². The van der Waals surface area contributed by atoms with Gasteiger partial charge in [0, 0.05) is 39.5 Å². The summed E-state index contributed by atoms with van der Waals surface area (Å²) >= 11 is 0. The second-order valence-corrected chi connectivity index (χ2v) is 6.96. The molecule has 0 bridgehead atoms. The van der Waals surface area contributed by atoms with Gasteiger partial charge in [-0.25, -0.2) is 0 Å². The summed E-state index contributed by atoms with van der Waals surface area (Å²) in [4.78, 5) is 28.6. The maximum absolute atomic E-state index is 12.6. The molecule has 24 heavy (non-hydrogen) atoms. The normalized spacial score (nSPS) is 25.3. The molecule has 0 spiro atoms. The number of carbonyl (C=O) groups excluding carboxylic acids is 2. The molecule has 0 radical (unpaired) electrons. The number of rotatable bonds is 4. The number of hydrogen-bond acceptors (Lipinski definition) is 4. The van der Waals surface area contributed by atoms with Gasteiger partial charge in [0.15, 0.2) is 6.10 Å². The lowest BCUT2D eigenvalue weighted by Crippen LogP contribution is -2.70. The van der Waals surface area contributed by atoms with Gasteiger partial charge in [-0.2, -0.15) is 5.10 Å². The van der Waals surface area contributed by atoms with Gasteiger partial charge in [-0.15, -0.1) is 0 Å². The Morgan fingerprint density at radius 3 is 2.50 bits per heavy atom. The van der Waals surface area contributed by atoms with Crippen molar-refractivity contribution in [3.8, 4) is 0 Å². The Morgan fingerprint density at radius 2 is 2.00 bits per heavy atom. The van der Waals surface area contributed by atoms with Gasteiger partial charge in [-0.3, -0.25) is 14.3 Å². The molecule has 3 rings (SSSR count). The highest BCUT2D eigenvalue weighted by Crippen LogP contribution is 2.36. The van der Waals surface area contributed by atoms with Crippen LogP contribution in [-0.4, -0.2) is 69.8 Å². The quantitative estimate of drug-likeness (QED) is 0.768. The van der Waals surface area contributed by atoms with E-state index in [2.05, 4.69) is 5.10 Å². The minimum atomic E-state index is -0.322. The molecule has 132 valence electrons. The van der Waals surface area contributed by atoms with Gasteiger partial charge >= 0.3 is 0 Å². The number of methoxy groups -OCH3 is 1. The molecule has 7 nitrogen and oxygen atoms in total. The molecule has 2 atom stereocenters. The van der Waals surface area contributed by atoms with Gasteiger partial charge in [-0.05, 0) is 38.7 Å². The summed E-state index contributed by atoms with van der Waals surface area (Å²) in [7, 11) is 3.39. The maximum Gasteiger partial charge on any atom is 0.272 e. The van der Waals surface area contributed by atoms with Crippen LogP contribution in [0.2, 0.25) is 0 Å². The first-order valence-electron chi connectivity index (χ1n) is 8.58. The van der Waals surface area contributed by atoms with Crippen molar-refractivity contribution in [3.05, 3.63) is 18.0 Å². The number of aryl methyl sites for hydroxylation is 1. The van der Waals surface area contributed by atoms with Gasteiger partial charge < -0.3 is 14.5 Å². The molecule has 2 aliphatic heterocycles. The average molecular weight is 334 g/mol. The van der Waals surface area contributed by atoms with Crippen LogP contribution in [-0.2, 0) is 16.6 Å². The molecule has 7 heteroatoms. The minimum absolute atomic E-state index is 0.0298. The average Bonchev–Trinajstić information content (AvgIpc) is 2.98. The monoisotopic (exact) mass is 334 g/mol. The van der Waals surface area contributed by atoms with Crippen molar-refractivity contribution in [2.75, 3.05) is 20.2 Å². The minimum Gasteiger partial charge on any atom is -0.369 e. The molecule has 2 saturated heterocycles. The number of hydrogen-bond donors (Lipinski definition) is 0. The van der Waals surface area contributed by atoms with Crippen LogP contribution in [0.3, 0.4) is 0 Å². The zero-order valence-corrected chi connectivity index (χ0v) is 14.8. The zero-order valence-electron chi connectivity index (χ0n) is 14.8. The first-order chi connectivity index (χ1) is 11.5. The summed E-state index contributed by atoms with van der Waals surface area (Å²) in [5.74, 6) is 0.499. The molecule has 2 aliphatic rings. The molecule has 3 heterocycles. The number of piperidine rings is 1. The second kappa shape index (κ2) is 6.55. The van der Waals surface area contributed by atoms with Gasteiger partial charge in [0.05, 0.1) is 6.04 Å².